The molecule has 3 rings (SSSR count). The molecule has 5 nitrogen and oxygen atoms in total. The van der Waals surface area contributed by atoms with Crippen molar-refractivity contribution in [3.05, 3.63) is 36.0 Å². The van der Waals surface area contributed by atoms with Crippen molar-refractivity contribution in [2.75, 3.05) is 31.1 Å². The molecule has 8 heteroatoms. The van der Waals surface area contributed by atoms with E-state index in [4.69, 9.17) is 5.10 Å². The van der Waals surface area contributed by atoms with Gasteiger partial charge in [-0.1, -0.05) is 20.8 Å². The predicted octanol–water partition coefficient (Wildman–Crippen LogP) is 3.48. The Morgan fingerprint density at radius 1 is 1.04 bits per heavy atom. The molecule has 1 aromatic heterocycles. The lowest BCUT2D eigenvalue weighted by molar-refractivity contribution is -0.274. The lowest BCUT2D eigenvalue weighted by Crippen LogP contribution is -2.43. The average Bonchev–Trinajstić information content (AvgIpc) is 3.00. The van der Waals surface area contributed by atoms with Gasteiger partial charge in [-0.05, 0) is 24.3 Å². The molecule has 1 saturated heterocycles. The summed E-state index contributed by atoms with van der Waals surface area (Å²) in [6.45, 7) is 9.82. The number of aromatic nitrogens is 2. The number of piperazine rings is 1. The largest absolute Gasteiger partial charge is 0.573 e. The van der Waals surface area contributed by atoms with E-state index in [2.05, 4.69) is 41.8 Å². The van der Waals surface area contributed by atoms with Crippen LogP contribution < -0.4 is 15.0 Å². The van der Waals surface area contributed by atoms with E-state index in [-0.39, 0.29) is 11.2 Å². The average molecular weight is 368 g/mol. The first-order valence-corrected chi connectivity index (χ1v) is 8.56. The van der Waals surface area contributed by atoms with Gasteiger partial charge in [0.1, 0.15) is 5.75 Å². The van der Waals surface area contributed by atoms with Crippen molar-refractivity contribution in [2.24, 2.45) is 0 Å². The molecule has 142 valence electrons. The van der Waals surface area contributed by atoms with Gasteiger partial charge in [-0.2, -0.15) is 0 Å². The number of anilines is 1. The maximum absolute atomic E-state index is 12.3. The summed E-state index contributed by atoms with van der Waals surface area (Å²) in [5.74, 6) is 0.639. The predicted molar refractivity (Wildman–Crippen MR) is 94.0 cm³/mol. The van der Waals surface area contributed by atoms with Crippen LogP contribution in [0.2, 0.25) is 0 Å². The first-order chi connectivity index (χ1) is 12.1. The molecular weight excluding hydrogens is 345 g/mol. The van der Waals surface area contributed by atoms with Crippen molar-refractivity contribution in [3.63, 3.8) is 0 Å². The summed E-state index contributed by atoms with van der Waals surface area (Å²) in [5.41, 5.74) is 1.53. The van der Waals surface area contributed by atoms with Crippen LogP contribution in [0.3, 0.4) is 0 Å². The molecule has 2 aromatic rings. The van der Waals surface area contributed by atoms with Gasteiger partial charge >= 0.3 is 6.36 Å². The van der Waals surface area contributed by atoms with Crippen molar-refractivity contribution in [1.29, 1.82) is 0 Å². The number of halogens is 3. The molecule has 1 fully saturated rings. The van der Waals surface area contributed by atoms with Crippen LogP contribution in [-0.2, 0) is 5.41 Å². The van der Waals surface area contributed by atoms with Crippen LogP contribution in [-0.4, -0.2) is 42.3 Å². The smallest absolute Gasteiger partial charge is 0.406 e. The number of nitrogens with zero attached hydrogens (tertiary/aromatic N) is 3. The van der Waals surface area contributed by atoms with Crippen molar-refractivity contribution in [1.82, 2.24) is 15.1 Å². The number of rotatable bonds is 3. The summed E-state index contributed by atoms with van der Waals surface area (Å²) in [6, 6.07) is 7.85. The van der Waals surface area contributed by atoms with Gasteiger partial charge in [-0.15, -0.1) is 18.3 Å². The van der Waals surface area contributed by atoms with E-state index in [1.54, 1.807) is 16.8 Å². The van der Waals surface area contributed by atoms with E-state index < -0.39 is 6.36 Å². The van der Waals surface area contributed by atoms with Crippen molar-refractivity contribution >= 4 is 5.82 Å². The third-order valence-electron chi connectivity index (χ3n) is 4.22. The van der Waals surface area contributed by atoms with E-state index >= 15 is 0 Å². The van der Waals surface area contributed by atoms with E-state index in [1.807, 2.05) is 0 Å². The molecule has 1 aliphatic rings. The summed E-state index contributed by atoms with van der Waals surface area (Å²) in [4.78, 5) is 2.21. The van der Waals surface area contributed by atoms with Gasteiger partial charge in [0, 0.05) is 37.7 Å². The lowest BCUT2D eigenvalue weighted by Gasteiger charge is -2.27. The maximum atomic E-state index is 12.3. The SMILES string of the molecule is CC(C)(C)c1cc(N2CCNCC2)nn1-c1ccc(OC(F)(F)F)cc1. The number of benzene rings is 1. The highest BCUT2D eigenvalue weighted by atomic mass is 19.4. The van der Waals surface area contributed by atoms with Crippen molar-refractivity contribution in [2.45, 2.75) is 32.5 Å². The van der Waals surface area contributed by atoms with Crippen LogP contribution in [0.4, 0.5) is 19.0 Å². The minimum Gasteiger partial charge on any atom is -0.406 e. The molecular formula is C18H23F3N4O. The Balaban J connectivity index is 1.93. The van der Waals surface area contributed by atoms with Crippen LogP contribution in [0.15, 0.2) is 30.3 Å². The van der Waals surface area contributed by atoms with Gasteiger partial charge in [0.2, 0.25) is 0 Å². The zero-order valence-corrected chi connectivity index (χ0v) is 15.1. The molecule has 0 radical (unpaired) electrons. The highest BCUT2D eigenvalue weighted by Crippen LogP contribution is 2.30. The number of nitrogens with one attached hydrogen (secondary N) is 1. The molecule has 0 amide bonds. The summed E-state index contributed by atoms with van der Waals surface area (Å²) in [5, 5.41) is 8.04. The molecule has 1 aromatic carbocycles. The zero-order chi connectivity index (χ0) is 18.9. The Bertz CT molecular complexity index is 741. The fourth-order valence-corrected chi connectivity index (χ4v) is 2.94. The topological polar surface area (TPSA) is 42.3 Å². The van der Waals surface area contributed by atoms with Crippen molar-refractivity contribution < 1.29 is 17.9 Å². The molecule has 0 atom stereocenters. The molecule has 0 unspecified atom stereocenters. The Hall–Kier alpha value is -2.22. The third kappa shape index (κ3) is 4.30. The lowest BCUT2D eigenvalue weighted by atomic mass is 9.92. The number of hydrogen-bond acceptors (Lipinski definition) is 4. The molecule has 26 heavy (non-hydrogen) atoms. The molecule has 1 aliphatic heterocycles. The Kier molecular flexibility index (Phi) is 4.88. The highest BCUT2D eigenvalue weighted by molar-refractivity contribution is 5.47. The second-order valence-corrected chi connectivity index (χ2v) is 7.33. The zero-order valence-electron chi connectivity index (χ0n) is 15.1. The summed E-state index contributed by atoms with van der Waals surface area (Å²) in [6.07, 6.45) is -4.70. The standard InChI is InChI=1S/C18H23F3N4O/c1-17(2,3)15-12-16(24-10-8-22-9-11-24)23-25(15)13-4-6-14(7-5-13)26-18(19,20)21/h4-7,12,22H,8-11H2,1-3H3. The van der Waals surface area contributed by atoms with E-state index in [0.717, 1.165) is 37.7 Å². The molecule has 0 aliphatic carbocycles. The van der Waals surface area contributed by atoms with E-state index in [9.17, 15) is 13.2 Å². The van der Waals surface area contributed by atoms with E-state index in [0.29, 0.717) is 5.69 Å². The summed E-state index contributed by atoms with van der Waals surface area (Å²) in [7, 11) is 0. The van der Waals surface area contributed by atoms with Gasteiger partial charge in [0.15, 0.2) is 5.82 Å². The minimum absolute atomic E-state index is 0.166. The van der Waals surface area contributed by atoms with Gasteiger partial charge in [-0.3, -0.25) is 0 Å². The normalized spacial score (nSPS) is 16.0. The van der Waals surface area contributed by atoms with Crippen LogP contribution in [0.5, 0.6) is 5.75 Å². The third-order valence-corrected chi connectivity index (χ3v) is 4.22. The summed E-state index contributed by atoms with van der Waals surface area (Å²) >= 11 is 0. The van der Waals surface area contributed by atoms with Gasteiger partial charge in [0.05, 0.1) is 11.4 Å². The van der Waals surface area contributed by atoms with Gasteiger partial charge in [0.25, 0.3) is 0 Å². The quantitative estimate of drug-likeness (QED) is 0.901. The first-order valence-electron chi connectivity index (χ1n) is 8.56. The summed E-state index contributed by atoms with van der Waals surface area (Å²) < 4.78 is 42.8. The number of alkyl halides is 3. The Morgan fingerprint density at radius 3 is 2.19 bits per heavy atom. The molecule has 0 saturated carbocycles. The fourth-order valence-electron chi connectivity index (χ4n) is 2.94. The molecule has 0 spiro atoms. The molecule has 0 bridgehead atoms. The molecule has 1 N–H and O–H groups in total. The number of hydrogen-bond donors (Lipinski definition) is 1. The van der Waals surface area contributed by atoms with Gasteiger partial charge in [-0.25, -0.2) is 4.68 Å². The maximum Gasteiger partial charge on any atom is 0.573 e. The number of ether oxygens (including phenoxy) is 1. The van der Waals surface area contributed by atoms with E-state index in [1.165, 1.54) is 12.1 Å². The highest BCUT2D eigenvalue weighted by Gasteiger charge is 2.31. The molecule has 2 heterocycles. The van der Waals surface area contributed by atoms with Crippen LogP contribution in [0.25, 0.3) is 5.69 Å². The minimum atomic E-state index is -4.70. The Morgan fingerprint density at radius 2 is 1.65 bits per heavy atom. The van der Waals surface area contributed by atoms with Crippen LogP contribution in [0, 0.1) is 0 Å². The second-order valence-electron chi connectivity index (χ2n) is 7.33. The first kappa shape index (κ1) is 18.6. The fraction of sp³-hybridized carbons (Fsp3) is 0.500. The Labute approximate surface area is 150 Å². The van der Waals surface area contributed by atoms with Gasteiger partial charge < -0.3 is 15.0 Å². The van der Waals surface area contributed by atoms with Crippen LogP contribution >= 0.6 is 0 Å². The van der Waals surface area contributed by atoms with Crippen LogP contribution in [0.1, 0.15) is 26.5 Å². The second kappa shape index (κ2) is 6.83. The van der Waals surface area contributed by atoms with Crippen molar-refractivity contribution in [3.8, 4) is 11.4 Å². The monoisotopic (exact) mass is 368 g/mol.